The molecule has 0 radical (unpaired) electrons. The highest BCUT2D eigenvalue weighted by atomic mass is 16.6. The summed E-state index contributed by atoms with van der Waals surface area (Å²) in [5.41, 5.74) is -0.328. The molecular weight excluding hydrogens is 290 g/mol. The van der Waals surface area contributed by atoms with Crippen LogP contribution in [0.5, 0.6) is 0 Å². The summed E-state index contributed by atoms with van der Waals surface area (Å²) in [6.45, 7) is 12.4. The number of hydrogen-bond donors (Lipinski definition) is 2. The zero-order chi connectivity index (χ0) is 17.9. The van der Waals surface area contributed by atoms with Crippen molar-refractivity contribution in [1.29, 1.82) is 0 Å². The Kier molecular flexibility index (Phi) is 11.5. The molecule has 4 nitrogen and oxygen atoms in total. The molecule has 23 heavy (non-hydrogen) atoms. The second kappa shape index (κ2) is 11.9. The molecule has 138 valence electrons. The van der Waals surface area contributed by atoms with Crippen molar-refractivity contribution in [2.24, 2.45) is 5.92 Å². The van der Waals surface area contributed by atoms with Crippen molar-refractivity contribution in [2.75, 3.05) is 6.54 Å². The predicted octanol–water partition coefficient (Wildman–Crippen LogP) is 4.05. The maximum atomic E-state index is 10.2. The van der Waals surface area contributed by atoms with Crippen molar-refractivity contribution in [3.8, 4) is 0 Å². The van der Waals surface area contributed by atoms with Crippen LogP contribution in [0.2, 0.25) is 0 Å². The summed E-state index contributed by atoms with van der Waals surface area (Å²) in [7, 11) is 0. The van der Waals surface area contributed by atoms with Crippen LogP contribution in [0.4, 0.5) is 0 Å². The standard InChI is InChI=1S/C13H27NO.C6H12O2/c1-3-5-7-11-8-6-9-12(15)13(11)14-10-4-2;1-5(7)8-6(2,3)4/h11-15H,3-10H2,1-2H3;1-4H3. The fourth-order valence-electron chi connectivity index (χ4n) is 3.10. The number of nitrogens with one attached hydrogen (secondary N) is 1. The van der Waals surface area contributed by atoms with Crippen LogP contribution < -0.4 is 5.32 Å². The lowest BCUT2D eigenvalue weighted by atomic mass is 9.79. The monoisotopic (exact) mass is 329 g/mol. The first kappa shape index (κ1) is 22.4. The Morgan fingerprint density at radius 2 is 1.87 bits per heavy atom. The molecule has 3 atom stereocenters. The van der Waals surface area contributed by atoms with Crippen molar-refractivity contribution in [2.45, 2.75) is 104 Å². The fourth-order valence-corrected chi connectivity index (χ4v) is 3.10. The van der Waals surface area contributed by atoms with Crippen LogP contribution >= 0.6 is 0 Å². The Bertz CT molecular complexity index is 312. The van der Waals surface area contributed by atoms with Gasteiger partial charge in [0, 0.05) is 13.0 Å². The molecule has 3 unspecified atom stereocenters. The van der Waals surface area contributed by atoms with Gasteiger partial charge < -0.3 is 15.2 Å². The third kappa shape index (κ3) is 11.5. The Balaban J connectivity index is 0.000000515. The zero-order valence-corrected chi connectivity index (χ0v) is 16.2. The van der Waals surface area contributed by atoms with E-state index >= 15 is 0 Å². The van der Waals surface area contributed by atoms with E-state index in [1.807, 2.05) is 20.8 Å². The number of unbranched alkanes of at least 4 members (excludes halogenated alkanes) is 1. The molecule has 1 saturated carbocycles. The van der Waals surface area contributed by atoms with Gasteiger partial charge in [-0.2, -0.15) is 0 Å². The average molecular weight is 330 g/mol. The van der Waals surface area contributed by atoms with Crippen LogP contribution in [0.25, 0.3) is 0 Å². The quantitative estimate of drug-likeness (QED) is 0.722. The van der Waals surface area contributed by atoms with Gasteiger partial charge in [0.1, 0.15) is 5.60 Å². The fraction of sp³-hybridized carbons (Fsp3) is 0.947. The van der Waals surface area contributed by atoms with E-state index in [4.69, 9.17) is 4.74 Å². The molecule has 1 rings (SSSR count). The molecule has 1 aliphatic carbocycles. The van der Waals surface area contributed by atoms with Crippen LogP contribution in [-0.4, -0.2) is 35.4 Å². The lowest BCUT2D eigenvalue weighted by Gasteiger charge is -2.36. The molecule has 1 aliphatic rings. The summed E-state index contributed by atoms with van der Waals surface area (Å²) in [6.07, 6.45) is 8.42. The molecule has 0 aliphatic heterocycles. The third-order valence-corrected chi connectivity index (χ3v) is 4.01. The topological polar surface area (TPSA) is 58.6 Å². The Labute approximate surface area is 143 Å². The molecule has 0 heterocycles. The van der Waals surface area contributed by atoms with E-state index in [9.17, 15) is 9.90 Å². The Morgan fingerprint density at radius 1 is 1.22 bits per heavy atom. The predicted molar refractivity (Wildman–Crippen MR) is 96.5 cm³/mol. The van der Waals surface area contributed by atoms with Gasteiger partial charge in [-0.05, 0) is 58.9 Å². The van der Waals surface area contributed by atoms with E-state index in [0.717, 1.165) is 19.4 Å². The highest BCUT2D eigenvalue weighted by Gasteiger charge is 2.30. The van der Waals surface area contributed by atoms with E-state index in [1.54, 1.807) is 0 Å². The molecule has 0 saturated heterocycles. The number of esters is 1. The number of ether oxygens (including phenoxy) is 1. The first-order valence-corrected chi connectivity index (χ1v) is 9.32. The van der Waals surface area contributed by atoms with Gasteiger partial charge in [-0.1, -0.05) is 33.1 Å². The van der Waals surface area contributed by atoms with Crippen molar-refractivity contribution >= 4 is 5.97 Å². The molecule has 0 bridgehead atoms. The maximum Gasteiger partial charge on any atom is 0.303 e. The minimum atomic E-state index is -0.328. The molecule has 0 amide bonds. The van der Waals surface area contributed by atoms with Gasteiger partial charge in [0.15, 0.2) is 0 Å². The van der Waals surface area contributed by atoms with Crippen LogP contribution in [0.3, 0.4) is 0 Å². The number of hydrogen-bond acceptors (Lipinski definition) is 4. The first-order chi connectivity index (χ1) is 10.7. The average Bonchev–Trinajstić information content (AvgIpc) is 2.42. The molecule has 1 fully saturated rings. The van der Waals surface area contributed by atoms with Crippen molar-refractivity contribution in [3.05, 3.63) is 0 Å². The molecular formula is C19H39NO3. The van der Waals surface area contributed by atoms with E-state index in [1.165, 1.54) is 39.0 Å². The summed E-state index contributed by atoms with van der Waals surface area (Å²) in [5.74, 6) is 0.484. The summed E-state index contributed by atoms with van der Waals surface area (Å²) in [5, 5.41) is 13.5. The summed E-state index contributed by atoms with van der Waals surface area (Å²) >= 11 is 0. The summed E-state index contributed by atoms with van der Waals surface area (Å²) in [4.78, 5) is 10.2. The van der Waals surface area contributed by atoms with E-state index in [2.05, 4.69) is 19.2 Å². The smallest absolute Gasteiger partial charge is 0.303 e. The lowest BCUT2D eigenvalue weighted by molar-refractivity contribution is -0.151. The van der Waals surface area contributed by atoms with Gasteiger partial charge in [-0.3, -0.25) is 4.79 Å². The Hall–Kier alpha value is -0.610. The number of rotatable bonds is 6. The normalized spacial score (nSPS) is 24.6. The number of carbonyl (C=O) groups excluding carboxylic acids is 1. The van der Waals surface area contributed by atoms with Gasteiger partial charge in [0.05, 0.1) is 6.10 Å². The van der Waals surface area contributed by atoms with Crippen molar-refractivity contribution in [3.63, 3.8) is 0 Å². The summed E-state index contributed by atoms with van der Waals surface area (Å²) < 4.78 is 4.80. The van der Waals surface area contributed by atoms with Crippen LogP contribution in [0.1, 0.15) is 86.5 Å². The molecule has 2 N–H and O–H groups in total. The number of aliphatic hydroxyl groups excluding tert-OH is 1. The van der Waals surface area contributed by atoms with Crippen LogP contribution in [0, 0.1) is 5.92 Å². The van der Waals surface area contributed by atoms with E-state index < -0.39 is 0 Å². The highest BCUT2D eigenvalue weighted by Crippen LogP contribution is 2.28. The van der Waals surface area contributed by atoms with Crippen molar-refractivity contribution < 1.29 is 14.6 Å². The second-order valence-corrected chi connectivity index (χ2v) is 7.59. The second-order valence-electron chi connectivity index (χ2n) is 7.59. The first-order valence-electron chi connectivity index (χ1n) is 9.32. The van der Waals surface area contributed by atoms with Gasteiger partial charge >= 0.3 is 5.97 Å². The summed E-state index contributed by atoms with van der Waals surface area (Å²) in [6, 6.07) is 0.366. The highest BCUT2D eigenvalue weighted by molar-refractivity contribution is 5.66. The van der Waals surface area contributed by atoms with Gasteiger partial charge in [0.25, 0.3) is 0 Å². The van der Waals surface area contributed by atoms with Crippen LogP contribution in [-0.2, 0) is 9.53 Å². The van der Waals surface area contributed by atoms with Gasteiger partial charge in [-0.25, -0.2) is 0 Å². The van der Waals surface area contributed by atoms with Crippen LogP contribution in [0.15, 0.2) is 0 Å². The number of carbonyl (C=O) groups is 1. The maximum absolute atomic E-state index is 10.2. The minimum Gasteiger partial charge on any atom is -0.460 e. The zero-order valence-electron chi connectivity index (χ0n) is 16.2. The lowest BCUT2D eigenvalue weighted by Crippen LogP contribution is -2.48. The Morgan fingerprint density at radius 3 is 2.30 bits per heavy atom. The van der Waals surface area contributed by atoms with Gasteiger partial charge in [-0.15, -0.1) is 0 Å². The molecule has 0 aromatic rings. The minimum absolute atomic E-state index is 0.104. The molecule has 0 aromatic heterocycles. The van der Waals surface area contributed by atoms with Crippen molar-refractivity contribution in [1.82, 2.24) is 5.32 Å². The molecule has 0 spiro atoms. The van der Waals surface area contributed by atoms with E-state index in [-0.39, 0.29) is 17.7 Å². The SMILES string of the molecule is CC(=O)OC(C)(C)C.CCCCC1CCCC(O)C1NCCC. The number of aliphatic hydroxyl groups is 1. The van der Waals surface area contributed by atoms with E-state index in [0.29, 0.717) is 12.0 Å². The van der Waals surface area contributed by atoms with Gasteiger partial charge in [0.2, 0.25) is 0 Å². The molecule has 4 heteroatoms. The third-order valence-electron chi connectivity index (χ3n) is 4.01. The molecule has 0 aromatic carbocycles. The largest absolute Gasteiger partial charge is 0.460 e.